The quantitative estimate of drug-likeness (QED) is 0.532. The van der Waals surface area contributed by atoms with Crippen molar-refractivity contribution in [3.63, 3.8) is 0 Å². The third-order valence-electron chi connectivity index (χ3n) is 2.12. The second-order valence-electron chi connectivity index (χ2n) is 3.36. The first-order valence-electron chi connectivity index (χ1n) is 5.22. The normalized spacial score (nSPS) is 10.6. The monoisotopic (exact) mass is 231 g/mol. The van der Waals surface area contributed by atoms with E-state index in [1.165, 1.54) is 24.1 Å². The molecular formula is C11H18ClNS. The predicted octanol–water partition coefficient (Wildman–Crippen LogP) is 3.64. The van der Waals surface area contributed by atoms with Crippen molar-refractivity contribution in [3.8, 4) is 0 Å². The van der Waals surface area contributed by atoms with Gasteiger partial charge in [0.15, 0.2) is 0 Å². The average Bonchev–Trinajstić information content (AvgIpc) is 2.69. The van der Waals surface area contributed by atoms with Gasteiger partial charge in [-0.25, -0.2) is 0 Å². The number of thiophene rings is 1. The fourth-order valence-electron chi connectivity index (χ4n) is 1.32. The van der Waals surface area contributed by atoms with Gasteiger partial charge >= 0.3 is 0 Å². The SMILES string of the molecule is ClCCCCCCNCc1cccs1. The van der Waals surface area contributed by atoms with Crippen molar-refractivity contribution in [2.75, 3.05) is 12.4 Å². The molecule has 0 atom stereocenters. The Balaban J connectivity index is 1.85. The second-order valence-corrected chi connectivity index (χ2v) is 4.77. The fraction of sp³-hybridized carbons (Fsp3) is 0.636. The maximum atomic E-state index is 5.59. The number of hydrogen-bond acceptors (Lipinski definition) is 2. The lowest BCUT2D eigenvalue weighted by Gasteiger charge is -2.02. The van der Waals surface area contributed by atoms with Gasteiger partial charge < -0.3 is 5.32 Å². The van der Waals surface area contributed by atoms with Crippen molar-refractivity contribution in [1.82, 2.24) is 5.32 Å². The Morgan fingerprint density at radius 1 is 1.21 bits per heavy atom. The van der Waals surface area contributed by atoms with E-state index in [1.807, 2.05) is 11.3 Å². The minimum Gasteiger partial charge on any atom is -0.312 e. The topological polar surface area (TPSA) is 12.0 Å². The van der Waals surface area contributed by atoms with Gasteiger partial charge in [0.05, 0.1) is 0 Å². The number of nitrogens with one attached hydrogen (secondary N) is 1. The lowest BCUT2D eigenvalue weighted by atomic mass is 10.2. The molecule has 1 nitrogen and oxygen atoms in total. The van der Waals surface area contributed by atoms with Crippen LogP contribution in [0.1, 0.15) is 30.6 Å². The summed E-state index contributed by atoms with van der Waals surface area (Å²) in [6, 6.07) is 4.27. The van der Waals surface area contributed by atoms with Crippen LogP contribution in [0, 0.1) is 0 Å². The Bertz CT molecular complexity index is 211. The highest BCUT2D eigenvalue weighted by Gasteiger charge is 1.92. The summed E-state index contributed by atoms with van der Waals surface area (Å²) in [4.78, 5) is 1.42. The second kappa shape index (κ2) is 8.27. The summed E-state index contributed by atoms with van der Waals surface area (Å²) in [7, 11) is 0. The van der Waals surface area contributed by atoms with Crippen molar-refractivity contribution in [2.45, 2.75) is 32.2 Å². The summed E-state index contributed by atoms with van der Waals surface area (Å²) in [5.41, 5.74) is 0. The zero-order valence-electron chi connectivity index (χ0n) is 8.47. The number of halogens is 1. The summed E-state index contributed by atoms with van der Waals surface area (Å²) in [5, 5.41) is 5.56. The Morgan fingerprint density at radius 3 is 2.79 bits per heavy atom. The molecule has 1 aromatic heterocycles. The fourth-order valence-corrected chi connectivity index (χ4v) is 2.19. The van der Waals surface area contributed by atoms with Gasteiger partial charge in [0, 0.05) is 17.3 Å². The van der Waals surface area contributed by atoms with Crippen molar-refractivity contribution in [3.05, 3.63) is 22.4 Å². The van der Waals surface area contributed by atoms with Crippen LogP contribution in [0.2, 0.25) is 0 Å². The molecule has 14 heavy (non-hydrogen) atoms. The summed E-state index contributed by atoms with van der Waals surface area (Å²) in [6.45, 7) is 2.15. The molecule has 0 aliphatic heterocycles. The number of rotatable bonds is 8. The summed E-state index contributed by atoms with van der Waals surface area (Å²) in [6.07, 6.45) is 4.99. The Kier molecular flexibility index (Phi) is 7.10. The molecule has 0 saturated carbocycles. The molecule has 1 rings (SSSR count). The predicted molar refractivity (Wildman–Crippen MR) is 65.2 cm³/mol. The van der Waals surface area contributed by atoms with Crippen LogP contribution < -0.4 is 5.32 Å². The summed E-state index contributed by atoms with van der Waals surface area (Å²) < 4.78 is 0. The first-order chi connectivity index (χ1) is 6.93. The number of unbranched alkanes of at least 4 members (excludes halogenated alkanes) is 3. The molecule has 1 aromatic rings. The van der Waals surface area contributed by atoms with Crippen LogP contribution in [0.5, 0.6) is 0 Å². The summed E-state index contributed by atoms with van der Waals surface area (Å²) >= 11 is 7.41. The molecule has 1 heterocycles. The van der Waals surface area contributed by atoms with Crippen LogP contribution >= 0.6 is 22.9 Å². The van der Waals surface area contributed by atoms with E-state index in [0.717, 1.165) is 25.4 Å². The van der Waals surface area contributed by atoms with E-state index < -0.39 is 0 Å². The van der Waals surface area contributed by atoms with Gasteiger partial charge in [-0.05, 0) is 30.8 Å². The smallest absolute Gasteiger partial charge is 0.0299 e. The molecule has 3 heteroatoms. The van der Waals surface area contributed by atoms with Crippen molar-refractivity contribution < 1.29 is 0 Å². The zero-order chi connectivity index (χ0) is 10.1. The molecule has 1 N–H and O–H groups in total. The van der Waals surface area contributed by atoms with Gasteiger partial charge in [-0.3, -0.25) is 0 Å². The van der Waals surface area contributed by atoms with Crippen molar-refractivity contribution in [2.24, 2.45) is 0 Å². The molecule has 0 aliphatic carbocycles. The van der Waals surface area contributed by atoms with E-state index in [0.29, 0.717) is 0 Å². The largest absolute Gasteiger partial charge is 0.312 e. The van der Waals surface area contributed by atoms with Crippen LogP contribution in [0.4, 0.5) is 0 Å². The molecule has 0 aliphatic rings. The average molecular weight is 232 g/mol. The highest BCUT2D eigenvalue weighted by molar-refractivity contribution is 7.09. The molecule has 0 aromatic carbocycles. The third kappa shape index (κ3) is 5.63. The van der Waals surface area contributed by atoms with E-state index in [-0.39, 0.29) is 0 Å². The van der Waals surface area contributed by atoms with E-state index in [2.05, 4.69) is 22.8 Å². The van der Waals surface area contributed by atoms with Gasteiger partial charge in [0.2, 0.25) is 0 Å². The highest BCUT2D eigenvalue weighted by atomic mass is 35.5. The molecule has 0 amide bonds. The maximum absolute atomic E-state index is 5.59. The Hall–Kier alpha value is -0.0500. The number of hydrogen-bond donors (Lipinski definition) is 1. The first kappa shape index (κ1) is 12.0. The molecule has 0 spiro atoms. The molecule has 0 saturated heterocycles. The van der Waals surface area contributed by atoms with E-state index in [1.54, 1.807) is 0 Å². The van der Waals surface area contributed by atoms with Gasteiger partial charge in [-0.1, -0.05) is 18.9 Å². The number of alkyl halides is 1. The molecule has 0 bridgehead atoms. The lowest BCUT2D eigenvalue weighted by molar-refractivity contribution is 0.601. The van der Waals surface area contributed by atoms with Gasteiger partial charge in [0.25, 0.3) is 0 Å². The van der Waals surface area contributed by atoms with Crippen LogP contribution in [0.3, 0.4) is 0 Å². The van der Waals surface area contributed by atoms with Crippen LogP contribution in [0.15, 0.2) is 17.5 Å². The standard InChI is InChI=1S/C11H18ClNS/c12-7-3-1-2-4-8-13-10-11-6-5-9-14-11/h5-6,9,13H,1-4,7-8,10H2. The van der Waals surface area contributed by atoms with Gasteiger partial charge in [-0.2, -0.15) is 0 Å². The molecular weight excluding hydrogens is 214 g/mol. The minimum atomic E-state index is 0.808. The van der Waals surface area contributed by atoms with Crippen molar-refractivity contribution >= 4 is 22.9 Å². The molecule has 0 fully saturated rings. The Morgan fingerprint density at radius 2 is 2.07 bits per heavy atom. The van der Waals surface area contributed by atoms with Gasteiger partial charge in [-0.15, -0.1) is 22.9 Å². The minimum absolute atomic E-state index is 0.808. The van der Waals surface area contributed by atoms with E-state index >= 15 is 0 Å². The van der Waals surface area contributed by atoms with E-state index in [4.69, 9.17) is 11.6 Å². The first-order valence-corrected chi connectivity index (χ1v) is 6.64. The summed E-state index contributed by atoms with van der Waals surface area (Å²) in [5.74, 6) is 0.808. The lowest BCUT2D eigenvalue weighted by Crippen LogP contribution is -2.13. The molecule has 80 valence electrons. The van der Waals surface area contributed by atoms with E-state index in [9.17, 15) is 0 Å². The van der Waals surface area contributed by atoms with Crippen LogP contribution in [-0.2, 0) is 6.54 Å². The Labute approximate surface area is 95.5 Å². The van der Waals surface area contributed by atoms with Gasteiger partial charge in [0.1, 0.15) is 0 Å². The van der Waals surface area contributed by atoms with Crippen LogP contribution in [0.25, 0.3) is 0 Å². The zero-order valence-corrected chi connectivity index (χ0v) is 10.0. The maximum Gasteiger partial charge on any atom is 0.0299 e. The third-order valence-corrected chi connectivity index (χ3v) is 3.26. The highest BCUT2D eigenvalue weighted by Crippen LogP contribution is 2.07. The molecule has 0 unspecified atom stereocenters. The van der Waals surface area contributed by atoms with Crippen molar-refractivity contribution in [1.29, 1.82) is 0 Å². The van der Waals surface area contributed by atoms with Crippen LogP contribution in [-0.4, -0.2) is 12.4 Å². The molecule has 0 radical (unpaired) electrons.